The Morgan fingerprint density at radius 3 is 2.50 bits per heavy atom. The number of nitrogens with one attached hydrogen (secondary N) is 2. The molecule has 4 nitrogen and oxygen atoms in total. The van der Waals surface area contributed by atoms with Gasteiger partial charge in [-0.3, -0.25) is 4.79 Å². The summed E-state index contributed by atoms with van der Waals surface area (Å²) >= 11 is 0. The molecular formula is C14H22N2O2. The third-order valence-electron chi connectivity index (χ3n) is 2.82. The monoisotopic (exact) mass is 250 g/mol. The average Bonchev–Trinajstić information content (AvgIpc) is 2.37. The van der Waals surface area contributed by atoms with E-state index in [9.17, 15) is 4.79 Å². The second kappa shape index (κ2) is 7.71. The Balaban J connectivity index is 2.36. The molecule has 0 fully saturated rings. The minimum atomic E-state index is -0.0500. The van der Waals surface area contributed by atoms with Gasteiger partial charge in [-0.2, -0.15) is 0 Å². The molecule has 0 aliphatic heterocycles. The smallest absolute Gasteiger partial charge is 0.239 e. The minimum absolute atomic E-state index is 0.0278. The number of amides is 1. The molecule has 1 unspecified atom stereocenters. The molecule has 0 aliphatic rings. The van der Waals surface area contributed by atoms with Gasteiger partial charge in [0.2, 0.25) is 5.91 Å². The number of carbonyl (C=O) groups excluding carboxylic acids is 1. The third-order valence-corrected chi connectivity index (χ3v) is 2.82. The highest BCUT2D eigenvalue weighted by atomic mass is 16.3. The Labute approximate surface area is 108 Å². The lowest BCUT2D eigenvalue weighted by molar-refractivity contribution is -0.120. The quantitative estimate of drug-likeness (QED) is 0.689. The van der Waals surface area contributed by atoms with Crippen LogP contribution in [0.15, 0.2) is 30.3 Å². The van der Waals surface area contributed by atoms with Gasteiger partial charge in [0.25, 0.3) is 0 Å². The molecule has 4 heteroatoms. The Kier molecular flexibility index (Phi) is 6.22. The van der Waals surface area contributed by atoms with E-state index in [1.54, 1.807) is 0 Å². The summed E-state index contributed by atoms with van der Waals surface area (Å²) < 4.78 is 0. The summed E-state index contributed by atoms with van der Waals surface area (Å²) in [6.45, 7) is 4.41. The van der Waals surface area contributed by atoms with Gasteiger partial charge in [-0.15, -0.1) is 0 Å². The zero-order valence-electron chi connectivity index (χ0n) is 11.0. The predicted octanol–water partition coefficient (Wildman–Crippen LogP) is 1.62. The molecule has 0 saturated heterocycles. The fraction of sp³-hybridized carbons (Fsp3) is 0.500. The molecule has 0 heterocycles. The van der Waals surface area contributed by atoms with Crippen LogP contribution in [0.1, 0.15) is 20.3 Å². The number of hydrogen-bond donors (Lipinski definition) is 3. The van der Waals surface area contributed by atoms with Crippen molar-refractivity contribution in [3.8, 4) is 0 Å². The molecule has 1 aromatic carbocycles. The molecule has 1 atom stereocenters. The molecular weight excluding hydrogens is 228 g/mol. The summed E-state index contributed by atoms with van der Waals surface area (Å²) in [5, 5.41) is 14.9. The van der Waals surface area contributed by atoms with Gasteiger partial charge in [0.15, 0.2) is 0 Å². The van der Waals surface area contributed by atoms with Crippen molar-refractivity contribution in [2.75, 3.05) is 18.5 Å². The van der Waals surface area contributed by atoms with E-state index in [0.717, 1.165) is 5.69 Å². The number of aliphatic hydroxyl groups is 1. The number of carbonyl (C=O) groups is 1. The molecule has 3 N–H and O–H groups in total. The van der Waals surface area contributed by atoms with Crippen LogP contribution < -0.4 is 10.6 Å². The largest absolute Gasteiger partial charge is 0.396 e. The van der Waals surface area contributed by atoms with Gasteiger partial charge in [0.1, 0.15) is 0 Å². The first-order chi connectivity index (χ1) is 8.63. The van der Waals surface area contributed by atoms with Crippen LogP contribution in [0.5, 0.6) is 0 Å². The van der Waals surface area contributed by atoms with E-state index in [2.05, 4.69) is 10.6 Å². The standard InChI is InChI=1S/C14H22N2O2/c1-11(2)13(8-9-17)16-14(18)10-15-12-6-4-3-5-7-12/h3-7,11,13,15,17H,8-10H2,1-2H3,(H,16,18). The average molecular weight is 250 g/mol. The normalized spacial score (nSPS) is 12.2. The zero-order chi connectivity index (χ0) is 13.4. The number of aliphatic hydroxyl groups excluding tert-OH is 1. The van der Waals surface area contributed by atoms with E-state index < -0.39 is 0 Å². The number of para-hydroxylation sites is 1. The maximum Gasteiger partial charge on any atom is 0.239 e. The van der Waals surface area contributed by atoms with Crippen molar-refractivity contribution in [3.63, 3.8) is 0 Å². The Bertz CT molecular complexity index is 352. The van der Waals surface area contributed by atoms with Crippen molar-refractivity contribution in [2.45, 2.75) is 26.3 Å². The van der Waals surface area contributed by atoms with Gasteiger partial charge in [-0.05, 0) is 24.5 Å². The van der Waals surface area contributed by atoms with Gasteiger partial charge >= 0.3 is 0 Å². The minimum Gasteiger partial charge on any atom is -0.396 e. The molecule has 1 rings (SSSR count). The summed E-state index contributed by atoms with van der Waals surface area (Å²) in [6.07, 6.45) is 0.592. The van der Waals surface area contributed by atoms with Crippen LogP contribution in [0.4, 0.5) is 5.69 Å². The van der Waals surface area contributed by atoms with Crippen LogP contribution in [0, 0.1) is 5.92 Å². The first-order valence-corrected chi connectivity index (χ1v) is 6.32. The molecule has 0 bridgehead atoms. The van der Waals surface area contributed by atoms with E-state index in [0.29, 0.717) is 12.3 Å². The maximum absolute atomic E-state index is 11.8. The fourth-order valence-corrected chi connectivity index (χ4v) is 1.71. The number of anilines is 1. The molecule has 1 aromatic rings. The Morgan fingerprint density at radius 1 is 1.28 bits per heavy atom. The van der Waals surface area contributed by atoms with E-state index in [-0.39, 0.29) is 25.1 Å². The highest BCUT2D eigenvalue weighted by molar-refractivity contribution is 5.80. The van der Waals surface area contributed by atoms with Crippen LogP contribution in [0.2, 0.25) is 0 Å². The van der Waals surface area contributed by atoms with Crippen LogP contribution in [-0.4, -0.2) is 30.2 Å². The molecule has 0 aromatic heterocycles. The van der Waals surface area contributed by atoms with Crippen molar-refractivity contribution >= 4 is 11.6 Å². The van der Waals surface area contributed by atoms with Crippen LogP contribution in [-0.2, 0) is 4.79 Å². The third kappa shape index (κ3) is 5.19. The highest BCUT2D eigenvalue weighted by Crippen LogP contribution is 2.06. The number of hydrogen-bond acceptors (Lipinski definition) is 3. The SMILES string of the molecule is CC(C)C(CCO)NC(=O)CNc1ccccc1. The molecule has 18 heavy (non-hydrogen) atoms. The van der Waals surface area contributed by atoms with Gasteiger partial charge in [0.05, 0.1) is 6.54 Å². The van der Waals surface area contributed by atoms with E-state index in [1.165, 1.54) is 0 Å². The molecule has 0 spiro atoms. The second-order valence-corrected chi connectivity index (χ2v) is 4.65. The molecule has 0 aliphatic carbocycles. The lowest BCUT2D eigenvalue weighted by atomic mass is 10.0. The Hall–Kier alpha value is -1.55. The topological polar surface area (TPSA) is 61.4 Å². The molecule has 1 amide bonds. The lowest BCUT2D eigenvalue weighted by Gasteiger charge is -2.21. The molecule has 100 valence electrons. The molecule has 0 radical (unpaired) electrons. The zero-order valence-corrected chi connectivity index (χ0v) is 11.0. The summed E-state index contributed by atoms with van der Waals surface area (Å²) in [5.74, 6) is 0.267. The van der Waals surface area contributed by atoms with Gasteiger partial charge < -0.3 is 15.7 Å². The first kappa shape index (κ1) is 14.5. The van der Waals surface area contributed by atoms with Crippen molar-refractivity contribution in [2.24, 2.45) is 5.92 Å². The van der Waals surface area contributed by atoms with Gasteiger partial charge in [0, 0.05) is 18.3 Å². The van der Waals surface area contributed by atoms with Crippen molar-refractivity contribution in [1.82, 2.24) is 5.32 Å². The van der Waals surface area contributed by atoms with E-state index in [4.69, 9.17) is 5.11 Å². The Morgan fingerprint density at radius 2 is 1.94 bits per heavy atom. The summed E-state index contributed by atoms with van der Waals surface area (Å²) in [7, 11) is 0. The van der Waals surface area contributed by atoms with Gasteiger partial charge in [-0.1, -0.05) is 32.0 Å². The fourth-order valence-electron chi connectivity index (χ4n) is 1.71. The lowest BCUT2D eigenvalue weighted by Crippen LogP contribution is -2.41. The second-order valence-electron chi connectivity index (χ2n) is 4.65. The summed E-state index contributed by atoms with van der Waals surface area (Å²) in [5.41, 5.74) is 0.927. The first-order valence-electron chi connectivity index (χ1n) is 6.32. The summed E-state index contributed by atoms with van der Waals surface area (Å²) in [4.78, 5) is 11.8. The van der Waals surface area contributed by atoms with Crippen molar-refractivity contribution < 1.29 is 9.90 Å². The van der Waals surface area contributed by atoms with Crippen LogP contribution >= 0.6 is 0 Å². The van der Waals surface area contributed by atoms with Crippen LogP contribution in [0.3, 0.4) is 0 Å². The van der Waals surface area contributed by atoms with Crippen molar-refractivity contribution in [3.05, 3.63) is 30.3 Å². The van der Waals surface area contributed by atoms with E-state index >= 15 is 0 Å². The van der Waals surface area contributed by atoms with Gasteiger partial charge in [-0.25, -0.2) is 0 Å². The van der Waals surface area contributed by atoms with Crippen molar-refractivity contribution in [1.29, 1.82) is 0 Å². The summed E-state index contributed by atoms with van der Waals surface area (Å²) in [6, 6.07) is 9.63. The number of benzene rings is 1. The maximum atomic E-state index is 11.8. The van der Waals surface area contributed by atoms with E-state index in [1.807, 2.05) is 44.2 Å². The number of rotatable bonds is 7. The molecule has 0 saturated carbocycles. The van der Waals surface area contributed by atoms with Crippen LogP contribution in [0.25, 0.3) is 0 Å². The highest BCUT2D eigenvalue weighted by Gasteiger charge is 2.15. The predicted molar refractivity (Wildman–Crippen MR) is 73.4 cm³/mol.